The van der Waals surface area contributed by atoms with Crippen molar-refractivity contribution in [2.24, 2.45) is 5.73 Å². The summed E-state index contributed by atoms with van der Waals surface area (Å²) < 4.78 is 10.1. The lowest BCUT2D eigenvalue weighted by molar-refractivity contribution is -0.138. The number of rotatable bonds is 4. The zero-order chi connectivity index (χ0) is 11.4. The molecule has 0 amide bonds. The Bertz CT molecular complexity index is 364. The lowest BCUT2D eigenvalue weighted by Gasteiger charge is -2.11. The summed E-state index contributed by atoms with van der Waals surface area (Å²) in [5, 5.41) is 8.73. The van der Waals surface area contributed by atoms with Crippen LogP contribution in [0.4, 0.5) is 0 Å². The molecule has 0 spiro atoms. The molecule has 0 bridgehead atoms. The first-order chi connectivity index (χ1) is 7.10. The van der Waals surface area contributed by atoms with Crippen molar-refractivity contribution < 1.29 is 19.4 Å². The largest absolute Gasteiger partial charge is 0.493 e. The molecule has 15 heavy (non-hydrogen) atoms. The van der Waals surface area contributed by atoms with Gasteiger partial charge in [0.15, 0.2) is 11.5 Å². The Balaban J connectivity index is 3.07. The molecule has 0 saturated heterocycles. The van der Waals surface area contributed by atoms with E-state index in [0.717, 1.165) is 0 Å². The first-order valence-corrected chi connectivity index (χ1v) is 4.30. The zero-order valence-electron chi connectivity index (χ0n) is 8.56. The van der Waals surface area contributed by atoms with Gasteiger partial charge in [-0.05, 0) is 17.7 Å². The minimum atomic E-state index is -1.08. The normalized spacial score (nSPS) is 11.9. The molecule has 5 heteroatoms. The molecule has 0 aliphatic carbocycles. The third kappa shape index (κ3) is 2.38. The number of benzene rings is 1. The first-order valence-electron chi connectivity index (χ1n) is 4.30. The molecule has 0 saturated carbocycles. The van der Waals surface area contributed by atoms with Gasteiger partial charge in [-0.25, -0.2) is 0 Å². The summed E-state index contributed by atoms with van der Waals surface area (Å²) in [4.78, 5) is 10.7. The molecule has 0 unspecified atom stereocenters. The number of nitrogens with two attached hydrogens (primary N) is 1. The molecule has 0 aliphatic rings. The number of carboxylic acids is 1. The molecular weight excluding hydrogens is 198 g/mol. The molecule has 82 valence electrons. The molecule has 5 nitrogen and oxygen atoms in total. The van der Waals surface area contributed by atoms with E-state index in [1.165, 1.54) is 14.2 Å². The highest BCUT2D eigenvalue weighted by atomic mass is 16.5. The molecule has 0 heterocycles. The highest BCUT2D eigenvalue weighted by Crippen LogP contribution is 2.29. The van der Waals surface area contributed by atoms with Gasteiger partial charge in [0.05, 0.1) is 14.2 Å². The van der Waals surface area contributed by atoms with E-state index < -0.39 is 12.0 Å². The summed E-state index contributed by atoms with van der Waals surface area (Å²) in [6.07, 6.45) is 0. The van der Waals surface area contributed by atoms with Gasteiger partial charge in [0.25, 0.3) is 0 Å². The summed E-state index contributed by atoms with van der Waals surface area (Å²) in [5.74, 6) is -0.0761. The second-order valence-corrected chi connectivity index (χ2v) is 2.93. The number of ether oxygens (including phenoxy) is 2. The van der Waals surface area contributed by atoms with Crippen LogP contribution >= 0.6 is 0 Å². The summed E-state index contributed by atoms with van der Waals surface area (Å²) in [6.45, 7) is 0. The van der Waals surface area contributed by atoms with E-state index in [0.29, 0.717) is 17.1 Å². The highest BCUT2D eigenvalue weighted by molar-refractivity contribution is 5.75. The highest BCUT2D eigenvalue weighted by Gasteiger charge is 2.16. The van der Waals surface area contributed by atoms with Crippen LogP contribution in [0, 0.1) is 0 Å². The molecule has 1 atom stereocenters. The second kappa shape index (κ2) is 4.65. The van der Waals surface area contributed by atoms with Gasteiger partial charge in [-0.2, -0.15) is 0 Å². The van der Waals surface area contributed by atoms with Gasteiger partial charge in [0, 0.05) is 0 Å². The van der Waals surface area contributed by atoms with E-state index in [1.54, 1.807) is 18.2 Å². The van der Waals surface area contributed by atoms with Gasteiger partial charge >= 0.3 is 5.97 Å². The minimum Gasteiger partial charge on any atom is -0.493 e. The van der Waals surface area contributed by atoms with E-state index >= 15 is 0 Å². The Morgan fingerprint density at radius 3 is 2.40 bits per heavy atom. The summed E-state index contributed by atoms with van der Waals surface area (Å²) in [5.41, 5.74) is 5.93. The SMILES string of the molecule is COc1ccc([C@H](N)C(=O)O)cc1OC. The van der Waals surface area contributed by atoms with Crippen LogP contribution in [0.25, 0.3) is 0 Å². The van der Waals surface area contributed by atoms with Gasteiger partial charge in [-0.15, -0.1) is 0 Å². The van der Waals surface area contributed by atoms with Crippen molar-refractivity contribution in [1.29, 1.82) is 0 Å². The summed E-state index contributed by atoms with van der Waals surface area (Å²) in [6, 6.07) is 3.72. The van der Waals surface area contributed by atoms with E-state index in [2.05, 4.69) is 0 Å². The Morgan fingerprint density at radius 2 is 1.93 bits per heavy atom. The van der Waals surface area contributed by atoms with Crippen LogP contribution in [0.15, 0.2) is 18.2 Å². The smallest absolute Gasteiger partial charge is 0.325 e. The minimum absolute atomic E-state index is 0.465. The molecular formula is C10H13NO4. The third-order valence-corrected chi connectivity index (χ3v) is 2.03. The van der Waals surface area contributed by atoms with Crippen LogP contribution in [-0.2, 0) is 4.79 Å². The molecule has 0 aromatic heterocycles. The van der Waals surface area contributed by atoms with Crippen molar-refractivity contribution in [2.75, 3.05) is 14.2 Å². The van der Waals surface area contributed by atoms with Crippen LogP contribution < -0.4 is 15.2 Å². The first kappa shape index (κ1) is 11.3. The Morgan fingerprint density at radius 1 is 1.33 bits per heavy atom. The van der Waals surface area contributed by atoms with E-state index in [-0.39, 0.29) is 0 Å². The fraction of sp³-hybridized carbons (Fsp3) is 0.300. The van der Waals surface area contributed by atoms with Crippen LogP contribution in [-0.4, -0.2) is 25.3 Å². The average molecular weight is 211 g/mol. The molecule has 3 N–H and O–H groups in total. The predicted molar refractivity (Wildman–Crippen MR) is 54.1 cm³/mol. The Hall–Kier alpha value is -1.75. The maximum atomic E-state index is 10.7. The number of hydrogen-bond acceptors (Lipinski definition) is 4. The van der Waals surface area contributed by atoms with Gasteiger partial charge in [-0.1, -0.05) is 6.07 Å². The zero-order valence-corrected chi connectivity index (χ0v) is 8.56. The van der Waals surface area contributed by atoms with E-state index in [4.69, 9.17) is 20.3 Å². The van der Waals surface area contributed by atoms with Crippen LogP contribution in [0.1, 0.15) is 11.6 Å². The van der Waals surface area contributed by atoms with Crippen LogP contribution in [0.5, 0.6) is 11.5 Å². The number of methoxy groups -OCH3 is 2. The van der Waals surface area contributed by atoms with Gasteiger partial charge < -0.3 is 20.3 Å². The standard InChI is InChI=1S/C10H13NO4/c1-14-7-4-3-6(5-8(7)15-2)9(11)10(12)13/h3-5,9H,11H2,1-2H3,(H,12,13)/t9-/m0/s1. The van der Waals surface area contributed by atoms with Crippen LogP contribution in [0.3, 0.4) is 0 Å². The molecule has 0 radical (unpaired) electrons. The van der Waals surface area contributed by atoms with Crippen molar-refractivity contribution in [3.63, 3.8) is 0 Å². The van der Waals surface area contributed by atoms with Crippen molar-refractivity contribution in [3.05, 3.63) is 23.8 Å². The second-order valence-electron chi connectivity index (χ2n) is 2.93. The van der Waals surface area contributed by atoms with Crippen molar-refractivity contribution >= 4 is 5.97 Å². The Kier molecular flexibility index (Phi) is 3.51. The van der Waals surface area contributed by atoms with Gasteiger partial charge in [0.1, 0.15) is 6.04 Å². The summed E-state index contributed by atoms with van der Waals surface area (Å²) in [7, 11) is 2.99. The molecule has 1 aromatic rings. The molecule has 0 fully saturated rings. The summed E-state index contributed by atoms with van der Waals surface area (Å²) >= 11 is 0. The van der Waals surface area contributed by atoms with Crippen molar-refractivity contribution in [2.45, 2.75) is 6.04 Å². The Labute approximate surface area is 87.4 Å². The molecule has 1 rings (SSSR count). The van der Waals surface area contributed by atoms with Crippen molar-refractivity contribution in [1.82, 2.24) is 0 Å². The number of carbonyl (C=O) groups is 1. The topological polar surface area (TPSA) is 81.8 Å². The quantitative estimate of drug-likeness (QED) is 0.769. The fourth-order valence-corrected chi connectivity index (χ4v) is 1.19. The third-order valence-electron chi connectivity index (χ3n) is 2.03. The van der Waals surface area contributed by atoms with Gasteiger partial charge in [-0.3, -0.25) is 4.79 Å². The van der Waals surface area contributed by atoms with E-state index in [1.807, 2.05) is 0 Å². The van der Waals surface area contributed by atoms with E-state index in [9.17, 15) is 4.79 Å². The van der Waals surface area contributed by atoms with Crippen LogP contribution in [0.2, 0.25) is 0 Å². The maximum Gasteiger partial charge on any atom is 0.325 e. The monoisotopic (exact) mass is 211 g/mol. The lowest BCUT2D eigenvalue weighted by atomic mass is 10.1. The molecule has 1 aromatic carbocycles. The number of carboxylic acid groups (broad SMARTS) is 1. The maximum absolute atomic E-state index is 10.7. The average Bonchev–Trinajstić information content (AvgIpc) is 2.26. The molecule has 0 aliphatic heterocycles. The lowest BCUT2D eigenvalue weighted by Crippen LogP contribution is -2.20. The predicted octanol–water partition coefficient (Wildman–Crippen LogP) is 0.788. The van der Waals surface area contributed by atoms with Crippen molar-refractivity contribution in [3.8, 4) is 11.5 Å². The number of hydrogen-bond donors (Lipinski definition) is 2. The fourth-order valence-electron chi connectivity index (χ4n) is 1.19. The number of aliphatic carboxylic acids is 1. The van der Waals surface area contributed by atoms with Gasteiger partial charge in [0.2, 0.25) is 0 Å².